The van der Waals surface area contributed by atoms with E-state index in [9.17, 15) is 0 Å². The first kappa shape index (κ1) is 9.58. The lowest BCUT2D eigenvalue weighted by Gasteiger charge is -2.02. The predicted molar refractivity (Wildman–Crippen MR) is 54.8 cm³/mol. The zero-order chi connectivity index (χ0) is 9.52. The highest BCUT2D eigenvalue weighted by Crippen LogP contribution is 2.04. The molecule has 0 aliphatic carbocycles. The van der Waals surface area contributed by atoms with Crippen molar-refractivity contribution in [1.29, 1.82) is 0 Å². The summed E-state index contributed by atoms with van der Waals surface area (Å²) in [5.41, 5.74) is 3.85. The van der Waals surface area contributed by atoms with Gasteiger partial charge in [0.15, 0.2) is 0 Å². The van der Waals surface area contributed by atoms with Gasteiger partial charge < -0.3 is 4.74 Å². The summed E-state index contributed by atoms with van der Waals surface area (Å²) in [7, 11) is 0. The lowest BCUT2D eigenvalue weighted by molar-refractivity contribution is 0.324. The van der Waals surface area contributed by atoms with Crippen molar-refractivity contribution < 1.29 is 4.74 Å². The second kappa shape index (κ2) is 5.19. The molecule has 0 spiro atoms. The van der Waals surface area contributed by atoms with Crippen LogP contribution >= 0.6 is 0 Å². The molecular weight excluding hydrogens is 164 g/mol. The van der Waals surface area contributed by atoms with Crippen LogP contribution in [0.5, 0.6) is 0 Å². The van der Waals surface area contributed by atoms with Crippen molar-refractivity contribution in [3.05, 3.63) is 30.3 Å². The van der Waals surface area contributed by atoms with Crippen LogP contribution < -0.4 is 5.43 Å². The van der Waals surface area contributed by atoms with Gasteiger partial charge in [0, 0.05) is 6.92 Å². The number of hydrogen-bond donors (Lipinski definition) is 1. The third kappa shape index (κ3) is 3.60. The number of anilines is 1. The minimum absolute atomic E-state index is 0.645. The maximum atomic E-state index is 5.15. The fraction of sp³-hybridized carbons (Fsp3) is 0.300. The molecule has 70 valence electrons. The number of para-hydroxylation sites is 1. The standard InChI is InChI=1S/C10H14N2O/c1-3-13-9(2)11-12-10-7-5-4-6-8-10/h4-8,12H,3H2,1-2H3/b11-9+. The SMILES string of the molecule is CCO/C(C)=N/Nc1ccccc1. The van der Waals surface area contributed by atoms with E-state index in [1.54, 1.807) is 0 Å². The van der Waals surface area contributed by atoms with Crippen LogP contribution in [-0.4, -0.2) is 12.5 Å². The molecular formula is C10H14N2O. The molecule has 0 aromatic heterocycles. The molecule has 1 rings (SSSR count). The second-order valence-corrected chi connectivity index (χ2v) is 2.54. The van der Waals surface area contributed by atoms with Crippen LogP contribution in [0, 0.1) is 0 Å². The Balaban J connectivity index is 2.47. The Bertz CT molecular complexity index is 270. The van der Waals surface area contributed by atoms with Crippen molar-refractivity contribution in [3.63, 3.8) is 0 Å². The van der Waals surface area contributed by atoms with Gasteiger partial charge in [0.05, 0.1) is 12.3 Å². The monoisotopic (exact) mass is 178 g/mol. The van der Waals surface area contributed by atoms with E-state index in [0.29, 0.717) is 12.5 Å². The fourth-order valence-electron chi connectivity index (χ4n) is 0.897. The average molecular weight is 178 g/mol. The first-order valence-corrected chi connectivity index (χ1v) is 4.31. The number of ether oxygens (including phenoxy) is 1. The van der Waals surface area contributed by atoms with Crippen LogP contribution in [0.1, 0.15) is 13.8 Å². The van der Waals surface area contributed by atoms with Crippen molar-refractivity contribution in [3.8, 4) is 0 Å². The molecule has 0 radical (unpaired) electrons. The fourth-order valence-corrected chi connectivity index (χ4v) is 0.897. The van der Waals surface area contributed by atoms with Gasteiger partial charge in [0.2, 0.25) is 5.90 Å². The molecule has 0 aliphatic rings. The van der Waals surface area contributed by atoms with E-state index < -0.39 is 0 Å². The normalized spacial score (nSPS) is 11.1. The lowest BCUT2D eigenvalue weighted by Crippen LogP contribution is -2.02. The number of benzene rings is 1. The van der Waals surface area contributed by atoms with Gasteiger partial charge in [-0.25, -0.2) is 0 Å². The maximum Gasteiger partial charge on any atom is 0.202 e. The highest BCUT2D eigenvalue weighted by Gasteiger charge is 1.89. The van der Waals surface area contributed by atoms with Gasteiger partial charge in [-0.1, -0.05) is 18.2 Å². The van der Waals surface area contributed by atoms with Gasteiger partial charge in [0.25, 0.3) is 0 Å². The van der Waals surface area contributed by atoms with Gasteiger partial charge in [-0.05, 0) is 19.1 Å². The topological polar surface area (TPSA) is 33.6 Å². The summed E-state index contributed by atoms with van der Waals surface area (Å²) in [6.45, 7) is 4.40. The molecule has 3 nitrogen and oxygen atoms in total. The lowest BCUT2D eigenvalue weighted by atomic mass is 10.3. The average Bonchev–Trinajstić information content (AvgIpc) is 2.17. The molecule has 1 N–H and O–H groups in total. The summed E-state index contributed by atoms with van der Waals surface area (Å²) >= 11 is 0. The zero-order valence-electron chi connectivity index (χ0n) is 7.95. The second-order valence-electron chi connectivity index (χ2n) is 2.54. The largest absolute Gasteiger partial charge is 0.480 e. The quantitative estimate of drug-likeness (QED) is 0.438. The third-order valence-corrected chi connectivity index (χ3v) is 1.47. The van der Waals surface area contributed by atoms with E-state index in [4.69, 9.17) is 4.74 Å². The highest BCUT2D eigenvalue weighted by atomic mass is 16.5. The third-order valence-electron chi connectivity index (χ3n) is 1.47. The smallest absolute Gasteiger partial charge is 0.202 e. The molecule has 0 saturated heterocycles. The number of hydrogen-bond acceptors (Lipinski definition) is 3. The van der Waals surface area contributed by atoms with E-state index in [1.165, 1.54) is 0 Å². The van der Waals surface area contributed by atoms with E-state index in [-0.39, 0.29) is 0 Å². The van der Waals surface area contributed by atoms with E-state index in [0.717, 1.165) is 5.69 Å². The van der Waals surface area contributed by atoms with Crippen LogP contribution in [0.3, 0.4) is 0 Å². The molecule has 0 amide bonds. The molecule has 1 aromatic carbocycles. The summed E-state index contributed by atoms with van der Waals surface area (Å²) in [6.07, 6.45) is 0. The molecule has 0 aliphatic heterocycles. The molecule has 0 saturated carbocycles. The molecule has 0 fully saturated rings. The summed E-state index contributed by atoms with van der Waals surface area (Å²) in [5, 5.41) is 4.03. The van der Waals surface area contributed by atoms with Gasteiger partial charge in [0.1, 0.15) is 0 Å². The van der Waals surface area contributed by atoms with Crippen molar-refractivity contribution in [2.24, 2.45) is 5.10 Å². The van der Waals surface area contributed by atoms with Crippen molar-refractivity contribution in [2.45, 2.75) is 13.8 Å². The number of rotatable bonds is 3. The van der Waals surface area contributed by atoms with Gasteiger partial charge in [-0.2, -0.15) is 0 Å². The number of nitrogens with one attached hydrogen (secondary N) is 1. The first-order valence-electron chi connectivity index (χ1n) is 4.31. The Morgan fingerprint density at radius 2 is 2.08 bits per heavy atom. The molecule has 0 bridgehead atoms. The highest BCUT2D eigenvalue weighted by molar-refractivity contribution is 5.74. The van der Waals surface area contributed by atoms with Crippen LogP contribution in [-0.2, 0) is 4.74 Å². The van der Waals surface area contributed by atoms with Gasteiger partial charge in [-0.3, -0.25) is 5.43 Å². The van der Waals surface area contributed by atoms with Crippen LogP contribution in [0.15, 0.2) is 35.4 Å². The van der Waals surface area contributed by atoms with E-state index in [1.807, 2.05) is 44.2 Å². The van der Waals surface area contributed by atoms with Crippen LogP contribution in [0.2, 0.25) is 0 Å². The van der Waals surface area contributed by atoms with Crippen LogP contribution in [0.25, 0.3) is 0 Å². The van der Waals surface area contributed by atoms with Crippen molar-refractivity contribution in [2.75, 3.05) is 12.0 Å². The summed E-state index contributed by atoms with van der Waals surface area (Å²) in [6, 6.07) is 9.76. The van der Waals surface area contributed by atoms with Crippen molar-refractivity contribution in [1.82, 2.24) is 0 Å². The Kier molecular flexibility index (Phi) is 3.82. The Morgan fingerprint density at radius 1 is 1.38 bits per heavy atom. The first-order chi connectivity index (χ1) is 6.33. The van der Waals surface area contributed by atoms with E-state index >= 15 is 0 Å². The molecule has 0 atom stereocenters. The minimum Gasteiger partial charge on any atom is -0.480 e. The van der Waals surface area contributed by atoms with Crippen LogP contribution in [0.4, 0.5) is 5.69 Å². The molecule has 13 heavy (non-hydrogen) atoms. The summed E-state index contributed by atoms with van der Waals surface area (Å²) in [5.74, 6) is 0.645. The molecule has 0 heterocycles. The number of nitrogens with zero attached hydrogens (tertiary/aromatic N) is 1. The maximum absolute atomic E-state index is 5.15. The molecule has 3 heteroatoms. The zero-order valence-corrected chi connectivity index (χ0v) is 7.95. The minimum atomic E-state index is 0.645. The molecule has 0 unspecified atom stereocenters. The Morgan fingerprint density at radius 3 is 2.69 bits per heavy atom. The number of hydrazone groups is 1. The van der Waals surface area contributed by atoms with Gasteiger partial charge >= 0.3 is 0 Å². The summed E-state index contributed by atoms with van der Waals surface area (Å²) in [4.78, 5) is 0. The Hall–Kier alpha value is -1.51. The summed E-state index contributed by atoms with van der Waals surface area (Å²) < 4.78 is 5.15. The predicted octanol–water partition coefficient (Wildman–Crippen LogP) is 2.47. The molecule has 1 aromatic rings. The van der Waals surface area contributed by atoms with Gasteiger partial charge in [-0.15, -0.1) is 5.10 Å². The van der Waals surface area contributed by atoms with Crippen molar-refractivity contribution >= 4 is 11.6 Å². The Labute approximate surface area is 78.4 Å². The van der Waals surface area contributed by atoms with E-state index in [2.05, 4.69) is 10.5 Å².